The van der Waals surface area contributed by atoms with E-state index >= 15 is 0 Å². The van der Waals surface area contributed by atoms with Gasteiger partial charge in [0.1, 0.15) is 11.6 Å². The minimum absolute atomic E-state index is 0.0754. The van der Waals surface area contributed by atoms with E-state index in [0.29, 0.717) is 19.0 Å². The number of amides is 2. The second kappa shape index (κ2) is 8.03. The fourth-order valence-corrected chi connectivity index (χ4v) is 4.04. The van der Waals surface area contributed by atoms with E-state index in [9.17, 15) is 4.79 Å². The van der Waals surface area contributed by atoms with Crippen LogP contribution >= 0.6 is 0 Å². The minimum Gasteiger partial charge on any atom is -0.438 e. The van der Waals surface area contributed by atoms with Gasteiger partial charge in [-0.15, -0.1) is 0 Å². The zero-order valence-corrected chi connectivity index (χ0v) is 16.6. The van der Waals surface area contributed by atoms with Crippen LogP contribution in [-0.2, 0) is 6.54 Å². The van der Waals surface area contributed by atoms with Crippen molar-refractivity contribution >= 4 is 17.1 Å². The maximum Gasteiger partial charge on any atom is 0.318 e. The summed E-state index contributed by atoms with van der Waals surface area (Å²) in [5, 5.41) is 3.02. The van der Waals surface area contributed by atoms with Gasteiger partial charge >= 0.3 is 6.03 Å². The molecule has 0 unspecified atom stereocenters. The molecule has 0 aliphatic carbocycles. The number of benzene rings is 3. The van der Waals surface area contributed by atoms with Crippen LogP contribution in [0, 0.1) is 0 Å². The van der Waals surface area contributed by atoms with Crippen LogP contribution in [0.1, 0.15) is 30.3 Å². The van der Waals surface area contributed by atoms with E-state index in [1.54, 1.807) is 0 Å². The molecule has 0 spiro atoms. The van der Waals surface area contributed by atoms with Gasteiger partial charge in [-0.2, -0.15) is 0 Å². The lowest BCUT2D eigenvalue weighted by atomic mass is 10.1. The molecule has 0 radical (unpaired) electrons. The first kappa shape index (κ1) is 18.4. The number of urea groups is 1. The number of fused-ring (bicyclic) bond motifs is 1. The molecule has 5 heteroatoms. The summed E-state index contributed by atoms with van der Waals surface area (Å²) in [5.74, 6) is 0.613. The van der Waals surface area contributed by atoms with Gasteiger partial charge in [0.2, 0.25) is 5.89 Å². The lowest BCUT2D eigenvalue weighted by molar-refractivity contribution is 0.184. The molecule has 1 aromatic heterocycles. The molecule has 0 saturated carbocycles. The van der Waals surface area contributed by atoms with Crippen molar-refractivity contribution in [2.45, 2.75) is 25.4 Å². The average Bonchev–Trinajstić information content (AvgIpc) is 3.45. The molecule has 2 amide bonds. The summed E-state index contributed by atoms with van der Waals surface area (Å²) in [6.07, 6.45) is 1.80. The van der Waals surface area contributed by atoms with Crippen molar-refractivity contribution in [1.29, 1.82) is 0 Å². The quantitative estimate of drug-likeness (QED) is 0.492. The van der Waals surface area contributed by atoms with Gasteiger partial charge in [-0.05, 0) is 41.7 Å². The van der Waals surface area contributed by atoms with Crippen LogP contribution in [0.4, 0.5) is 4.79 Å². The first-order valence-corrected chi connectivity index (χ1v) is 10.3. The molecule has 0 bridgehead atoms. The van der Waals surface area contributed by atoms with Crippen LogP contribution in [0.3, 0.4) is 0 Å². The number of rotatable bonds is 4. The van der Waals surface area contributed by atoms with Gasteiger partial charge in [0.25, 0.3) is 0 Å². The third kappa shape index (κ3) is 3.66. The highest BCUT2D eigenvalue weighted by Gasteiger charge is 2.33. The van der Waals surface area contributed by atoms with Crippen molar-refractivity contribution in [2.24, 2.45) is 0 Å². The summed E-state index contributed by atoms with van der Waals surface area (Å²) >= 11 is 0. The number of carbonyl (C=O) groups is 1. The van der Waals surface area contributed by atoms with Crippen LogP contribution in [0.15, 0.2) is 83.3 Å². The fourth-order valence-electron chi connectivity index (χ4n) is 4.04. The predicted molar refractivity (Wildman–Crippen MR) is 117 cm³/mol. The van der Waals surface area contributed by atoms with Crippen molar-refractivity contribution in [3.63, 3.8) is 0 Å². The second-order valence-electron chi connectivity index (χ2n) is 7.60. The Bertz CT molecular complexity index is 1150. The largest absolute Gasteiger partial charge is 0.438 e. The molecular formula is C25H23N3O2. The Balaban J connectivity index is 1.35. The number of nitrogens with one attached hydrogen (secondary N) is 1. The highest BCUT2D eigenvalue weighted by atomic mass is 16.4. The predicted octanol–water partition coefficient (Wildman–Crippen LogP) is 5.54. The molecule has 1 N–H and O–H groups in total. The summed E-state index contributed by atoms with van der Waals surface area (Å²) in [5.41, 5.74) is 4.90. The second-order valence-corrected chi connectivity index (χ2v) is 7.60. The number of hydrogen-bond acceptors (Lipinski definition) is 3. The molecule has 1 saturated heterocycles. The topological polar surface area (TPSA) is 58.4 Å². The molecule has 1 aliphatic rings. The van der Waals surface area contributed by atoms with Crippen LogP contribution < -0.4 is 5.32 Å². The van der Waals surface area contributed by atoms with Crippen molar-refractivity contribution in [1.82, 2.24) is 15.2 Å². The number of carbonyl (C=O) groups excluding carboxylic acids is 1. The molecule has 1 atom stereocenters. The maximum atomic E-state index is 12.8. The highest BCUT2D eigenvalue weighted by molar-refractivity contribution is 5.80. The van der Waals surface area contributed by atoms with E-state index in [-0.39, 0.29) is 12.1 Å². The first-order chi connectivity index (χ1) is 14.8. The lowest BCUT2D eigenvalue weighted by Gasteiger charge is -2.22. The van der Waals surface area contributed by atoms with Crippen molar-refractivity contribution < 1.29 is 9.21 Å². The summed E-state index contributed by atoms with van der Waals surface area (Å²) in [6.45, 7) is 1.22. The van der Waals surface area contributed by atoms with Crippen LogP contribution in [-0.4, -0.2) is 22.5 Å². The van der Waals surface area contributed by atoms with E-state index in [0.717, 1.165) is 40.6 Å². The van der Waals surface area contributed by atoms with Crippen LogP contribution in [0.25, 0.3) is 22.2 Å². The molecule has 5 rings (SSSR count). The molecule has 150 valence electrons. The average molecular weight is 397 g/mol. The zero-order chi connectivity index (χ0) is 20.3. The minimum atomic E-state index is -0.131. The van der Waals surface area contributed by atoms with E-state index in [4.69, 9.17) is 9.40 Å². The standard InChI is InChI=1S/C25H23N3O2/c29-25(26-17-18-8-3-1-4-9-18)28-15-7-12-22(28)24-27-21-16-20(13-14-23(21)30-24)19-10-5-2-6-11-19/h1-6,8-11,13-14,16,22H,7,12,15,17H2,(H,26,29)/t22-/m1/s1. The number of likely N-dealkylation sites (tertiary alicyclic amines) is 1. The molecule has 2 heterocycles. The first-order valence-electron chi connectivity index (χ1n) is 10.3. The molecule has 30 heavy (non-hydrogen) atoms. The third-order valence-electron chi connectivity index (χ3n) is 5.60. The molecule has 1 fully saturated rings. The highest BCUT2D eigenvalue weighted by Crippen LogP contribution is 2.34. The summed E-state index contributed by atoms with van der Waals surface area (Å²) in [4.78, 5) is 19.4. The molecule has 5 nitrogen and oxygen atoms in total. The maximum absolute atomic E-state index is 12.8. The van der Waals surface area contributed by atoms with Gasteiger partial charge in [0.05, 0.1) is 0 Å². The van der Waals surface area contributed by atoms with E-state index in [2.05, 4.69) is 17.4 Å². The van der Waals surface area contributed by atoms with Gasteiger partial charge in [0, 0.05) is 13.1 Å². The molecular weight excluding hydrogens is 374 g/mol. The van der Waals surface area contributed by atoms with Crippen LogP contribution in [0.5, 0.6) is 0 Å². The Kier molecular flexibility index (Phi) is 4.93. The number of oxazole rings is 1. The van der Waals surface area contributed by atoms with Crippen molar-refractivity contribution in [2.75, 3.05) is 6.54 Å². The Hall–Kier alpha value is -3.60. The van der Waals surface area contributed by atoms with Gasteiger partial charge in [0.15, 0.2) is 5.58 Å². The summed E-state index contributed by atoms with van der Waals surface area (Å²) < 4.78 is 6.05. The van der Waals surface area contributed by atoms with Gasteiger partial charge in [-0.3, -0.25) is 0 Å². The van der Waals surface area contributed by atoms with Crippen molar-refractivity contribution in [3.05, 3.63) is 90.3 Å². The smallest absolute Gasteiger partial charge is 0.318 e. The Morgan fingerprint density at radius 2 is 1.77 bits per heavy atom. The Labute approximate surface area is 175 Å². The lowest BCUT2D eigenvalue weighted by Crippen LogP contribution is -2.39. The monoisotopic (exact) mass is 397 g/mol. The third-order valence-corrected chi connectivity index (χ3v) is 5.60. The zero-order valence-electron chi connectivity index (χ0n) is 16.6. The van der Waals surface area contributed by atoms with Gasteiger partial charge in [-0.25, -0.2) is 9.78 Å². The summed E-state index contributed by atoms with van der Waals surface area (Å²) in [6, 6.07) is 26.0. The SMILES string of the molecule is O=C(NCc1ccccc1)N1CCC[C@@H]1c1nc2cc(-c3ccccc3)ccc2o1. The van der Waals surface area contributed by atoms with E-state index in [1.165, 1.54) is 0 Å². The van der Waals surface area contributed by atoms with Crippen molar-refractivity contribution in [3.8, 4) is 11.1 Å². The van der Waals surface area contributed by atoms with Crippen LogP contribution in [0.2, 0.25) is 0 Å². The molecule has 4 aromatic rings. The van der Waals surface area contributed by atoms with E-state index < -0.39 is 0 Å². The molecule has 1 aliphatic heterocycles. The Morgan fingerprint density at radius 3 is 2.57 bits per heavy atom. The summed E-state index contributed by atoms with van der Waals surface area (Å²) in [7, 11) is 0. The fraction of sp³-hybridized carbons (Fsp3) is 0.200. The number of hydrogen-bond donors (Lipinski definition) is 1. The number of aromatic nitrogens is 1. The van der Waals surface area contributed by atoms with Gasteiger partial charge < -0.3 is 14.6 Å². The van der Waals surface area contributed by atoms with Gasteiger partial charge in [-0.1, -0.05) is 66.7 Å². The van der Waals surface area contributed by atoms with E-state index in [1.807, 2.05) is 71.6 Å². The normalized spacial score (nSPS) is 16.1. The molecule has 3 aromatic carbocycles. The number of nitrogens with zero attached hydrogens (tertiary/aromatic N) is 2. The Morgan fingerprint density at radius 1 is 1.00 bits per heavy atom.